The van der Waals surface area contributed by atoms with E-state index in [2.05, 4.69) is 5.32 Å². The second kappa shape index (κ2) is 8.65. The molecule has 1 saturated heterocycles. The predicted octanol–water partition coefficient (Wildman–Crippen LogP) is 3.19. The Balaban J connectivity index is 1.59. The number of carbonyl (C=O) groups excluding carboxylic acids is 2. The van der Waals surface area contributed by atoms with Crippen LogP contribution in [-0.4, -0.2) is 36.6 Å². The van der Waals surface area contributed by atoms with Crippen LogP contribution in [0.2, 0.25) is 0 Å². The SMILES string of the molecule is CCCOc1ccc(OCCN2C(=O)NC(C)(c3ccc(C#N)cc3)C2=O)cc1. The molecule has 1 fully saturated rings. The Morgan fingerprint density at radius 2 is 1.59 bits per heavy atom. The Labute approximate surface area is 169 Å². The zero-order valence-electron chi connectivity index (χ0n) is 16.5. The van der Waals surface area contributed by atoms with Gasteiger partial charge in [0.05, 0.1) is 24.8 Å². The summed E-state index contributed by atoms with van der Waals surface area (Å²) in [5.74, 6) is 1.06. The van der Waals surface area contributed by atoms with Crippen LogP contribution in [0.5, 0.6) is 11.5 Å². The van der Waals surface area contributed by atoms with Gasteiger partial charge in [-0.1, -0.05) is 19.1 Å². The lowest BCUT2D eigenvalue weighted by atomic mass is 9.91. The molecule has 1 N–H and O–H groups in total. The van der Waals surface area contributed by atoms with Gasteiger partial charge in [0.2, 0.25) is 0 Å². The molecule has 0 spiro atoms. The second-order valence-electron chi connectivity index (χ2n) is 6.87. The summed E-state index contributed by atoms with van der Waals surface area (Å²) in [6.07, 6.45) is 0.936. The fourth-order valence-electron chi connectivity index (χ4n) is 3.08. The van der Waals surface area contributed by atoms with Crippen molar-refractivity contribution in [1.29, 1.82) is 5.26 Å². The van der Waals surface area contributed by atoms with E-state index >= 15 is 0 Å². The predicted molar refractivity (Wildman–Crippen MR) is 106 cm³/mol. The van der Waals surface area contributed by atoms with Crippen LogP contribution in [-0.2, 0) is 10.3 Å². The van der Waals surface area contributed by atoms with E-state index in [0.717, 1.165) is 17.1 Å². The average Bonchev–Trinajstić information content (AvgIpc) is 2.97. The van der Waals surface area contributed by atoms with Crippen molar-refractivity contribution in [1.82, 2.24) is 10.2 Å². The summed E-state index contributed by atoms with van der Waals surface area (Å²) in [4.78, 5) is 26.4. The van der Waals surface area contributed by atoms with Crippen LogP contribution in [0, 0.1) is 11.3 Å². The van der Waals surface area contributed by atoms with E-state index in [1.165, 1.54) is 0 Å². The molecule has 2 aromatic rings. The number of hydrogen-bond acceptors (Lipinski definition) is 5. The molecule has 1 atom stereocenters. The molecule has 0 aliphatic carbocycles. The smallest absolute Gasteiger partial charge is 0.325 e. The number of nitrogens with one attached hydrogen (secondary N) is 1. The van der Waals surface area contributed by atoms with Gasteiger partial charge < -0.3 is 14.8 Å². The van der Waals surface area contributed by atoms with Crippen molar-refractivity contribution in [2.45, 2.75) is 25.8 Å². The summed E-state index contributed by atoms with van der Waals surface area (Å²) in [6.45, 7) is 4.66. The molecule has 3 amide bonds. The monoisotopic (exact) mass is 393 g/mol. The number of nitrogens with zero attached hydrogens (tertiary/aromatic N) is 2. The van der Waals surface area contributed by atoms with Gasteiger partial charge >= 0.3 is 6.03 Å². The maximum atomic E-state index is 12.9. The minimum absolute atomic E-state index is 0.130. The van der Waals surface area contributed by atoms with E-state index in [4.69, 9.17) is 14.7 Å². The lowest BCUT2D eigenvalue weighted by Gasteiger charge is -2.22. The molecule has 7 nitrogen and oxygen atoms in total. The molecular formula is C22H23N3O4. The fraction of sp³-hybridized carbons (Fsp3) is 0.318. The van der Waals surface area contributed by atoms with Gasteiger partial charge in [-0.25, -0.2) is 4.79 Å². The Hall–Kier alpha value is -3.53. The van der Waals surface area contributed by atoms with Gasteiger partial charge in [-0.3, -0.25) is 9.69 Å². The summed E-state index contributed by atoms with van der Waals surface area (Å²) in [5.41, 5.74) is -0.0463. The van der Waals surface area contributed by atoms with Gasteiger partial charge in [-0.15, -0.1) is 0 Å². The van der Waals surface area contributed by atoms with Crippen LogP contribution >= 0.6 is 0 Å². The highest BCUT2D eigenvalue weighted by Crippen LogP contribution is 2.29. The quantitative estimate of drug-likeness (QED) is 0.696. The molecule has 1 unspecified atom stereocenters. The number of ether oxygens (including phenoxy) is 2. The number of benzene rings is 2. The highest BCUT2D eigenvalue weighted by atomic mass is 16.5. The van der Waals surface area contributed by atoms with Crippen molar-refractivity contribution in [2.75, 3.05) is 19.8 Å². The normalized spacial score (nSPS) is 18.3. The summed E-state index contributed by atoms with van der Waals surface area (Å²) < 4.78 is 11.2. The minimum atomic E-state index is -1.16. The first-order valence-corrected chi connectivity index (χ1v) is 9.48. The van der Waals surface area contributed by atoms with E-state index in [1.807, 2.05) is 25.1 Å². The maximum Gasteiger partial charge on any atom is 0.325 e. The minimum Gasteiger partial charge on any atom is -0.494 e. The first kappa shape index (κ1) is 20.2. The number of hydrogen-bond donors (Lipinski definition) is 1. The molecular weight excluding hydrogens is 370 g/mol. The molecule has 150 valence electrons. The van der Waals surface area contributed by atoms with E-state index in [1.54, 1.807) is 43.3 Å². The Bertz CT molecular complexity index is 919. The number of urea groups is 1. The molecule has 0 bridgehead atoms. The third-order valence-corrected chi connectivity index (χ3v) is 4.75. The molecule has 0 saturated carbocycles. The largest absolute Gasteiger partial charge is 0.494 e. The molecule has 3 rings (SSSR count). The first-order valence-electron chi connectivity index (χ1n) is 9.48. The summed E-state index contributed by atoms with van der Waals surface area (Å²) in [7, 11) is 0. The van der Waals surface area contributed by atoms with E-state index in [0.29, 0.717) is 23.5 Å². The number of carbonyl (C=O) groups is 2. The van der Waals surface area contributed by atoms with Crippen molar-refractivity contribution in [2.24, 2.45) is 0 Å². The third-order valence-electron chi connectivity index (χ3n) is 4.75. The number of nitriles is 1. The fourth-order valence-corrected chi connectivity index (χ4v) is 3.08. The van der Waals surface area contributed by atoms with Crippen LogP contribution in [0.1, 0.15) is 31.4 Å². The van der Waals surface area contributed by atoms with Gasteiger partial charge in [-0.05, 0) is 55.3 Å². The highest BCUT2D eigenvalue weighted by molar-refractivity contribution is 6.07. The molecule has 0 aromatic heterocycles. The van der Waals surface area contributed by atoms with Crippen molar-refractivity contribution in [3.8, 4) is 17.6 Å². The highest BCUT2D eigenvalue weighted by Gasteiger charge is 2.48. The lowest BCUT2D eigenvalue weighted by molar-refractivity contribution is -0.131. The van der Waals surface area contributed by atoms with Crippen LogP contribution < -0.4 is 14.8 Å². The van der Waals surface area contributed by atoms with Crippen LogP contribution in [0.25, 0.3) is 0 Å². The third kappa shape index (κ3) is 4.32. The molecule has 1 aliphatic heterocycles. The standard InChI is InChI=1S/C22H23N3O4/c1-3-13-28-18-8-10-19(11-9-18)29-14-12-25-20(26)22(2,24-21(25)27)17-6-4-16(15-23)5-7-17/h4-11H,3,12-14H2,1-2H3,(H,24,27). The van der Waals surface area contributed by atoms with E-state index in [-0.39, 0.29) is 19.1 Å². The summed E-state index contributed by atoms with van der Waals surface area (Å²) >= 11 is 0. The van der Waals surface area contributed by atoms with Crippen molar-refractivity contribution >= 4 is 11.9 Å². The van der Waals surface area contributed by atoms with Crippen molar-refractivity contribution < 1.29 is 19.1 Å². The number of amides is 3. The number of rotatable bonds is 8. The van der Waals surface area contributed by atoms with Crippen LogP contribution in [0.15, 0.2) is 48.5 Å². The summed E-state index contributed by atoms with van der Waals surface area (Å²) in [5, 5.41) is 11.7. The van der Waals surface area contributed by atoms with Gasteiger partial charge in [0.1, 0.15) is 23.6 Å². The zero-order valence-corrected chi connectivity index (χ0v) is 16.5. The second-order valence-corrected chi connectivity index (χ2v) is 6.87. The van der Waals surface area contributed by atoms with Crippen LogP contribution in [0.4, 0.5) is 4.79 Å². The van der Waals surface area contributed by atoms with Gasteiger partial charge in [0.25, 0.3) is 5.91 Å². The van der Waals surface area contributed by atoms with Gasteiger partial charge in [-0.2, -0.15) is 5.26 Å². The summed E-state index contributed by atoms with van der Waals surface area (Å²) in [6, 6.07) is 15.4. The topological polar surface area (TPSA) is 91.7 Å². The molecule has 0 radical (unpaired) electrons. The maximum absolute atomic E-state index is 12.9. The Kier molecular flexibility index (Phi) is 6.03. The Morgan fingerprint density at radius 1 is 1.00 bits per heavy atom. The van der Waals surface area contributed by atoms with E-state index in [9.17, 15) is 9.59 Å². The Morgan fingerprint density at radius 3 is 2.14 bits per heavy atom. The average molecular weight is 393 g/mol. The zero-order chi connectivity index (χ0) is 20.9. The lowest BCUT2D eigenvalue weighted by Crippen LogP contribution is -2.41. The van der Waals surface area contributed by atoms with Gasteiger partial charge in [0, 0.05) is 0 Å². The van der Waals surface area contributed by atoms with Crippen molar-refractivity contribution in [3.63, 3.8) is 0 Å². The molecule has 29 heavy (non-hydrogen) atoms. The molecule has 2 aromatic carbocycles. The van der Waals surface area contributed by atoms with E-state index < -0.39 is 11.6 Å². The van der Waals surface area contributed by atoms with Gasteiger partial charge in [0.15, 0.2) is 0 Å². The molecule has 7 heteroatoms. The van der Waals surface area contributed by atoms with Crippen molar-refractivity contribution in [3.05, 3.63) is 59.7 Å². The first-order chi connectivity index (χ1) is 14.0. The molecule has 1 aliphatic rings. The van der Waals surface area contributed by atoms with Crippen LogP contribution in [0.3, 0.4) is 0 Å². The molecule has 1 heterocycles. The number of imide groups is 1.